The Bertz CT molecular complexity index is 546. The Morgan fingerprint density at radius 2 is 2.24 bits per heavy atom. The second-order valence-electron chi connectivity index (χ2n) is 5.01. The number of phenolic OH excluding ortho intramolecular Hbond substituents is 1. The van der Waals surface area contributed by atoms with E-state index in [2.05, 4.69) is 0 Å². The summed E-state index contributed by atoms with van der Waals surface area (Å²) in [5, 5.41) is 9.53. The first-order valence-electron chi connectivity index (χ1n) is 6.97. The Labute approximate surface area is 128 Å². The predicted octanol–water partition coefficient (Wildman–Crippen LogP) is 2.46. The van der Waals surface area contributed by atoms with Crippen molar-refractivity contribution in [2.75, 3.05) is 19.7 Å². The Balaban J connectivity index is 2.08. The summed E-state index contributed by atoms with van der Waals surface area (Å²) in [5.41, 5.74) is 0.405. The predicted molar refractivity (Wildman–Crippen MR) is 78.4 cm³/mol. The van der Waals surface area contributed by atoms with Gasteiger partial charge in [-0.15, -0.1) is 0 Å². The topological polar surface area (TPSA) is 66.8 Å². The quantitative estimate of drug-likeness (QED) is 0.871. The van der Waals surface area contributed by atoms with Crippen LogP contribution in [0.3, 0.4) is 0 Å². The average molecular weight is 312 g/mol. The number of amides is 1. The molecule has 0 aromatic heterocycles. The number of benzene rings is 1. The molecule has 0 radical (unpaired) electrons. The summed E-state index contributed by atoms with van der Waals surface area (Å²) in [5.74, 6) is -0.767. The van der Waals surface area contributed by atoms with E-state index in [1.807, 2.05) is 0 Å². The van der Waals surface area contributed by atoms with Gasteiger partial charge in [0.15, 0.2) is 0 Å². The van der Waals surface area contributed by atoms with E-state index in [0.717, 1.165) is 12.8 Å². The molecule has 6 heteroatoms. The first-order chi connectivity index (χ1) is 10.0. The van der Waals surface area contributed by atoms with Crippen LogP contribution in [0.5, 0.6) is 5.75 Å². The lowest BCUT2D eigenvalue weighted by Crippen LogP contribution is -2.42. The molecule has 1 atom stereocenters. The van der Waals surface area contributed by atoms with Gasteiger partial charge in [-0.1, -0.05) is 11.6 Å². The van der Waals surface area contributed by atoms with E-state index in [0.29, 0.717) is 25.3 Å². The molecular formula is C15H18ClNO4. The monoisotopic (exact) mass is 311 g/mol. The summed E-state index contributed by atoms with van der Waals surface area (Å²) < 4.78 is 5.02. The van der Waals surface area contributed by atoms with Gasteiger partial charge < -0.3 is 14.7 Å². The van der Waals surface area contributed by atoms with E-state index in [-0.39, 0.29) is 28.6 Å². The summed E-state index contributed by atoms with van der Waals surface area (Å²) in [6.45, 7) is 3.07. The van der Waals surface area contributed by atoms with E-state index in [1.54, 1.807) is 11.8 Å². The molecule has 0 unspecified atom stereocenters. The van der Waals surface area contributed by atoms with Crippen LogP contribution in [0.15, 0.2) is 18.2 Å². The van der Waals surface area contributed by atoms with Crippen LogP contribution < -0.4 is 0 Å². The lowest BCUT2D eigenvalue weighted by molar-refractivity contribution is -0.149. The van der Waals surface area contributed by atoms with Crippen LogP contribution in [-0.2, 0) is 9.53 Å². The maximum atomic E-state index is 12.4. The molecule has 114 valence electrons. The molecule has 5 nitrogen and oxygen atoms in total. The first-order valence-corrected chi connectivity index (χ1v) is 7.35. The van der Waals surface area contributed by atoms with E-state index in [4.69, 9.17) is 16.3 Å². The zero-order valence-corrected chi connectivity index (χ0v) is 12.6. The molecule has 1 saturated heterocycles. The Hall–Kier alpha value is -1.75. The van der Waals surface area contributed by atoms with E-state index >= 15 is 0 Å². The number of likely N-dealkylation sites (tertiary alicyclic amines) is 1. The fraction of sp³-hybridized carbons (Fsp3) is 0.467. The van der Waals surface area contributed by atoms with Gasteiger partial charge in [0.05, 0.1) is 17.5 Å². The van der Waals surface area contributed by atoms with Crippen molar-refractivity contribution in [2.45, 2.75) is 19.8 Å². The minimum atomic E-state index is -0.268. The van der Waals surface area contributed by atoms with E-state index < -0.39 is 0 Å². The van der Waals surface area contributed by atoms with Gasteiger partial charge in [-0.05, 0) is 38.0 Å². The third-order valence-electron chi connectivity index (χ3n) is 3.52. The number of nitrogens with zero attached hydrogens (tertiary/aromatic N) is 1. The molecule has 1 fully saturated rings. The van der Waals surface area contributed by atoms with Crippen LogP contribution in [-0.4, -0.2) is 41.6 Å². The summed E-state index contributed by atoms with van der Waals surface area (Å²) >= 11 is 5.82. The highest BCUT2D eigenvalue weighted by Gasteiger charge is 2.29. The van der Waals surface area contributed by atoms with Gasteiger partial charge in [-0.3, -0.25) is 9.59 Å². The molecule has 1 aliphatic rings. The average Bonchev–Trinajstić information content (AvgIpc) is 2.49. The molecule has 1 aliphatic heterocycles. The molecule has 1 aromatic carbocycles. The van der Waals surface area contributed by atoms with Crippen molar-refractivity contribution in [1.29, 1.82) is 0 Å². The highest BCUT2D eigenvalue weighted by atomic mass is 35.5. The van der Waals surface area contributed by atoms with Gasteiger partial charge in [0.2, 0.25) is 0 Å². The van der Waals surface area contributed by atoms with Crippen LogP contribution in [0.4, 0.5) is 0 Å². The van der Waals surface area contributed by atoms with E-state index in [1.165, 1.54) is 18.2 Å². The van der Waals surface area contributed by atoms with Crippen LogP contribution in [0.2, 0.25) is 5.02 Å². The maximum Gasteiger partial charge on any atom is 0.310 e. The number of aromatic hydroxyl groups is 1. The summed E-state index contributed by atoms with van der Waals surface area (Å²) in [6.07, 6.45) is 1.50. The molecule has 1 aromatic rings. The van der Waals surface area contributed by atoms with Gasteiger partial charge in [0.25, 0.3) is 5.91 Å². The van der Waals surface area contributed by atoms with Crippen LogP contribution in [0, 0.1) is 5.92 Å². The number of phenols is 1. The number of hydrogen-bond acceptors (Lipinski definition) is 4. The molecule has 1 N–H and O–H groups in total. The number of carbonyl (C=O) groups excluding carboxylic acids is 2. The molecule has 0 bridgehead atoms. The van der Waals surface area contributed by atoms with Crippen molar-refractivity contribution < 1.29 is 19.4 Å². The molecule has 0 saturated carbocycles. The van der Waals surface area contributed by atoms with Crippen LogP contribution in [0.1, 0.15) is 30.1 Å². The lowest BCUT2D eigenvalue weighted by atomic mass is 9.97. The molecular weight excluding hydrogens is 294 g/mol. The molecule has 0 spiro atoms. The lowest BCUT2D eigenvalue weighted by Gasteiger charge is -2.31. The number of hydrogen-bond donors (Lipinski definition) is 1. The molecule has 2 rings (SSSR count). The standard InChI is InChI=1S/C15H18ClNO4/c1-2-21-15(20)11-4-3-7-17(9-11)14(19)10-5-6-13(18)12(16)8-10/h5-6,8,11,18H,2-4,7,9H2,1H3/t11-/m0/s1. The summed E-state index contributed by atoms with van der Waals surface area (Å²) in [6, 6.07) is 4.35. The van der Waals surface area contributed by atoms with Crippen molar-refractivity contribution >= 4 is 23.5 Å². The third kappa shape index (κ3) is 3.67. The van der Waals surface area contributed by atoms with E-state index in [9.17, 15) is 14.7 Å². The van der Waals surface area contributed by atoms with Gasteiger partial charge in [0.1, 0.15) is 5.75 Å². The third-order valence-corrected chi connectivity index (χ3v) is 3.83. The summed E-state index contributed by atoms with van der Waals surface area (Å²) in [4.78, 5) is 25.8. The minimum absolute atomic E-state index is 0.0590. The van der Waals surface area contributed by atoms with Crippen molar-refractivity contribution in [3.05, 3.63) is 28.8 Å². The molecule has 1 amide bonds. The number of esters is 1. The number of ether oxygens (including phenoxy) is 1. The maximum absolute atomic E-state index is 12.4. The van der Waals surface area contributed by atoms with Crippen molar-refractivity contribution in [1.82, 2.24) is 4.90 Å². The highest BCUT2D eigenvalue weighted by molar-refractivity contribution is 6.32. The largest absolute Gasteiger partial charge is 0.506 e. The van der Waals surface area contributed by atoms with Gasteiger partial charge in [0, 0.05) is 18.7 Å². The normalized spacial score (nSPS) is 18.4. The fourth-order valence-electron chi connectivity index (χ4n) is 2.44. The zero-order chi connectivity index (χ0) is 15.4. The smallest absolute Gasteiger partial charge is 0.310 e. The first kappa shape index (κ1) is 15.6. The second-order valence-corrected chi connectivity index (χ2v) is 5.42. The summed E-state index contributed by atoms with van der Waals surface area (Å²) in [7, 11) is 0. The van der Waals surface area contributed by atoms with Gasteiger partial charge >= 0.3 is 5.97 Å². The Morgan fingerprint density at radius 1 is 1.48 bits per heavy atom. The van der Waals surface area contributed by atoms with Gasteiger partial charge in [-0.2, -0.15) is 0 Å². The second kappa shape index (κ2) is 6.80. The number of rotatable bonds is 3. The van der Waals surface area contributed by atoms with Crippen LogP contribution in [0.25, 0.3) is 0 Å². The highest BCUT2D eigenvalue weighted by Crippen LogP contribution is 2.26. The molecule has 0 aliphatic carbocycles. The number of halogens is 1. The molecule has 1 heterocycles. The zero-order valence-electron chi connectivity index (χ0n) is 11.8. The molecule has 21 heavy (non-hydrogen) atoms. The Kier molecular flexibility index (Phi) is 5.07. The SMILES string of the molecule is CCOC(=O)[C@H]1CCCN(C(=O)c2ccc(O)c(Cl)c2)C1. The van der Waals surface area contributed by atoms with Crippen molar-refractivity contribution in [3.63, 3.8) is 0 Å². The van der Waals surface area contributed by atoms with Crippen LogP contribution >= 0.6 is 11.6 Å². The fourth-order valence-corrected chi connectivity index (χ4v) is 2.62. The van der Waals surface area contributed by atoms with Crippen molar-refractivity contribution in [2.24, 2.45) is 5.92 Å². The van der Waals surface area contributed by atoms with Gasteiger partial charge in [-0.25, -0.2) is 0 Å². The number of carbonyl (C=O) groups is 2. The number of piperidine rings is 1. The minimum Gasteiger partial charge on any atom is -0.506 e. The Morgan fingerprint density at radius 3 is 2.90 bits per heavy atom. The van der Waals surface area contributed by atoms with Crippen molar-refractivity contribution in [3.8, 4) is 5.75 Å².